The van der Waals surface area contributed by atoms with Gasteiger partial charge in [0.2, 0.25) is 5.75 Å². The lowest BCUT2D eigenvalue weighted by Gasteiger charge is -2.22. The normalized spacial score (nSPS) is 11.0. The topological polar surface area (TPSA) is 64.6 Å². The van der Waals surface area contributed by atoms with Crippen molar-refractivity contribution in [2.45, 2.75) is 20.0 Å². The summed E-state index contributed by atoms with van der Waals surface area (Å²) in [6.07, 6.45) is 0. The maximum atomic E-state index is 5.56. The Balaban J connectivity index is 2.21. The molecule has 0 aliphatic carbocycles. The van der Waals surface area contributed by atoms with E-state index < -0.39 is 0 Å². The molecule has 0 aromatic heterocycles. The van der Waals surface area contributed by atoms with Crippen molar-refractivity contribution >= 4 is 5.96 Å². The minimum Gasteiger partial charge on any atom is -0.497 e. The van der Waals surface area contributed by atoms with E-state index in [0.29, 0.717) is 23.8 Å². The van der Waals surface area contributed by atoms with Crippen LogP contribution in [0.1, 0.15) is 18.1 Å². The van der Waals surface area contributed by atoms with E-state index in [9.17, 15) is 0 Å². The van der Waals surface area contributed by atoms with Crippen molar-refractivity contribution in [3.8, 4) is 23.0 Å². The largest absolute Gasteiger partial charge is 0.497 e. The van der Waals surface area contributed by atoms with Gasteiger partial charge in [0.1, 0.15) is 5.75 Å². The van der Waals surface area contributed by atoms with E-state index in [2.05, 4.69) is 22.3 Å². The fraction of sp³-hybridized carbons (Fsp3) is 0.409. The quantitative estimate of drug-likeness (QED) is 0.514. The molecule has 0 saturated heterocycles. The lowest BCUT2D eigenvalue weighted by Crippen LogP contribution is -2.38. The van der Waals surface area contributed by atoms with Crippen LogP contribution in [0.3, 0.4) is 0 Å². The van der Waals surface area contributed by atoms with Crippen LogP contribution in [0.15, 0.2) is 41.4 Å². The molecule has 2 aromatic carbocycles. The molecule has 0 aliphatic heterocycles. The first kappa shape index (κ1) is 22.2. The van der Waals surface area contributed by atoms with E-state index in [1.165, 1.54) is 5.56 Å². The zero-order valence-corrected chi connectivity index (χ0v) is 18.1. The highest BCUT2D eigenvalue weighted by molar-refractivity contribution is 5.79. The number of benzene rings is 2. The summed E-state index contributed by atoms with van der Waals surface area (Å²) >= 11 is 0. The van der Waals surface area contributed by atoms with Crippen LogP contribution >= 0.6 is 0 Å². The van der Waals surface area contributed by atoms with Gasteiger partial charge in [0.25, 0.3) is 0 Å². The van der Waals surface area contributed by atoms with Gasteiger partial charge in [-0.1, -0.05) is 12.1 Å². The van der Waals surface area contributed by atoms with Gasteiger partial charge in [-0.3, -0.25) is 0 Å². The van der Waals surface area contributed by atoms with Crippen LogP contribution in [0.4, 0.5) is 0 Å². The molecule has 0 heterocycles. The van der Waals surface area contributed by atoms with Crippen LogP contribution in [-0.4, -0.2) is 52.9 Å². The molecular formula is C22H31N3O4. The first-order valence-electron chi connectivity index (χ1n) is 9.48. The van der Waals surface area contributed by atoms with Crippen molar-refractivity contribution < 1.29 is 18.9 Å². The number of guanidine groups is 1. The van der Waals surface area contributed by atoms with Crippen LogP contribution in [-0.2, 0) is 13.1 Å². The van der Waals surface area contributed by atoms with Crippen molar-refractivity contribution in [2.24, 2.45) is 4.99 Å². The van der Waals surface area contributed by atoms with Crippen LogP contribution in [0.2, 0.25) is 0 Å². The van der Waals surface area contributed by atoms with Crippen molar-refractivity contribution in [1.29, 1.82) is 0 Å². The molecule has 2 aromatic rings. The third-order valence-corrected chi connectivity index (χ3v) is 4.46. The summed E-state index contributed by atoms with van der Waals surface area (Å²) in [6, 6.07) is 11.8. The molecule has 0 bridgehead atoms. The standard InChI is InChI=1S/C22H31N3O4/c1-7-23-22(25(2)15-16-8-11-18(26-3)12-9-16)24-14-17-10-13-19(27-4)21(29-6)20(17)28-5/h8-13H,7,14-15H2,1-6H3,(H,23,24). The summed E-state index contributed by atoms with van der Waals surface area (Å²) in [4.78, 5) is 6.87. The van der Waals surface area contributed by atoms with E-state index >= 15 is 0 Å². The molecule has 0 unspecified atom stereocenters. The summed E-state index contributed by atoms with van der Waals surface area (Å²) in [5.74, 6) is 3.47. The minimum absolute atomic E-state index is 0.443. The summed E-state index contributed by atoms with van der Waals surface area (Å²) in [6.45, 7) is 3.99. The van der Waals surface area contributed by atoms with E-state index in [0.717, 1.165) is 30.4 Å². The minimum atomic E-state index is 0.443. The van der Waals surface area contributed by atoms with Gasteiger partial charge in [0.05, 0.1) is 35.0 Å². The Bertz CT molecular complexity index is 806. The highest BCUT2D eigenvalue weighted by Gasteiger charge is 2.16. The fourth-order valence-corrected chi connectivity index (χ4v) is 3.00. The van der Waals surface area contributed by atoms with E-state index in [1.807, 2.05) is 38.2 Å². The Kier molecular flexibility index (Phi) is 8.45. The lowest BCUT2D eigenvalue weighted by atomic mass is 10.1. The molecule has 0 radical (unpaired) electrons. The number of hydrogen-bond donors (Lipinski definition) is 1. The molecule has 158 valence electrons. The van der Waals surface area contributed by atoms with Gasteiger partial charge in [0, 0.05) is 25.7 Å². The monoisotopic (exact) mass is 401 g/mol. The highest BCUT2D eigenvalue weighted by atomic mass is 16.5. The molecular weight excluding hydrogens is 370 g/mol. The van der Waals surface area contributed by atoms with Gasteiger partial charge in [-0.05, 0) is 36.8 Å². The Morgan fingerprint density at radius 1 is 0.897 bits per heavy atom. The predicted molar refractivity (Wildman–Crippen MR) is 115 cm³/mol. The summed E-state index contributed by atoms with van der Waals surface area (Å²) in [5.41, 5.74) is 2.08. The first-order valence-corrected chi connectivity index (χ1v) is 9.48. The first-order chi connectivity index (χ1) is 14.1. The zero-order chi connectivity index (χ0) is 21.2. The SMILES string of the molecule is CCNC(=NCc1ccc(OC)c(OC)c1OC)N(C)Cc1ccc(OC)cc1. The zero-order valence-electron chi connectivity index (χ0n) is 18.1. The second-order valence-corrected chi connectivity index (χ2v) is 6.37. The Morgan fingerprint density at radius 2 is 1.59 bits per heavy atom. The maximum Gasteiger partial charge on any atom is 0.203 e. The van der Waals surface area contributed by atoms with Crippen molar-refractivity contribution in [3.63, 3.8) is 0 Å². The second kappa shape index (κ2) is 11.0. The van der Waals surface area contributed by atoms with Crippen molar-refractivity contribution in [1.82, 2.24) is 10.2 Å². The van der Waals surface area contributed by atoms with Crippen molar-refractivity contribution in [2.75, 3.05) is 42.0 Å². The average molecular weight is 402 g/mol. The van der Waals surface area contributed by atoms with Crippen LogP contribution in [0.5, 0.6) is 23.0 Å². The number of hydrogen-bond acceptors (Lipinski definition) is 5. The van der Waals surface area contributed by atoms with Crippen LogP contribution in [0, 0.1) is 0 Å². The number of rotatable bonds is 9. The van der Waals surface area contributed by atoms with E-state index in [4.69, 9.17) is 23.9 Å². The van der Waals surface area contributed by atoms with Gasteiger partial charge >= 0.3 is 0 Å². The molecule has 7 nitrogen and oxygen atoms in total. The molecule has 2 rings (SSSR count). The molecule has 0 aliphatic rings. The maximum absolute atomic E-state index is 5.56. The smallest absolute Gasteiger partial charge is 0.203 e. The van der Waals surface area contributed by atoms with Gasteiger partial charge < -0.3 is 29.2 Å². The molecule has 0 saturated carbocycles. The van der Waals surface area contributed by atoms with Gasteiger partial charge in [-0.25, -0.2) is 4.99 Å². The number of nitrogens with zero attached hydrogens (tertiary/aromatic N) is 2. The van der Waals surface area contributed by atoms with E-state index in [1.54, 1.807) is 28.4 Å². The molecule has 29 heavy (non-hydrogen) atoms. The number of nitrogens with one attached hydrogen (secondary N) is 1. The third kappa shape index (κ3) is 5.70. The number of methoxy groups -OCH3 is 4. The van der Waals surface area contributed by atoms with Crippen molar-refractivity contribution in [3.05, 3.63) is 47.5 Å². The van der Waals surface area contributed by atoms with E-state index in [-0.39, 0.29) is 0 Å². The van der Waals surface area contributed by atoms with Crippen LogP contribution in [0.25, 0.3) is 0 Å². The summed E-state index contributed by atoms with van der Waals surface area (Å²) < 4.78 is 21.6. The molecule has 0 spiro atoms. The summed E-state index contributed by atoms with van der Waals surface area (Å²) in [5, 5.41) is 3.34. The number of aliphatic imine (C=N–C) groups is 1. The number of ether oxygens (including phenoxy) is 4. The molecule has 0 fully saturated rings. The summed E-state index contributed by atoms with van der Waals surface area (Å²) in [7, 11) is 8.50. The van der Waals surface area contributed by atoms with Gasteiger partial charge in [0.15, 0.2) is 17.5 Å². The Morgan fingerprint density at radius 3 is 2.14 bits per heavy atom. The highest BCUT2D eigenvalue weighted by Crippen LogP contribution is 2.39. The Hall–Kier alpha value is -3.09. The van der Waals surface area contributed by atoms with Gasteiger partial charge in [-0.15, -0.1) is 0 Å². The third-order valence-electron chi connectivity index (χ3n) is 4.46. The molecule has 1 N–H and O–H groups in total. The molecule has 0 amide bonds. The predicted octanol–water partition coefficient (Wildman–Crippen LogP) is 3.32. The average Bonchev–Trinajstić information content (AvgIpc) is 2.76. The van der Waals surface area contributed by atoms with Crippen LogP contribution < -0.4 is 24.3 Å². The molecule has 0 atom stereocenters. The molecule has 7 heteroatoms. The Labute approximate surface area is 173 Å². The van der Waals surface area contributed by atoms with Gasteiger partial charge in [-0.2, -0.15) is 0 Å². The lowest BCUT2D eigenvalue weighted by molar-refractivity contribution is 0.322. The fourth-order valence-electron chi connectivity index (χ4n) is 3.00. The second-order valence-electron chi connectivity index (χ2n) is 6.37.